The number of hydrogen-bond donors (Lipinski definition) is 0. The van der Waals surface area contributed by atoms with Crippen LogP contribution < -0.4 is 5.56 Å². The summed E-state index contributed by atoms with van der Waals surface area (Å²) in [5.41, 5.74) is 3.06. The molecule has 3 aromatic rings. The van der Waals surface area contributed by atoms with E-state index in [0.29, 0.717) is 0 Å². The average molecular weight is 239 g/mol. The van der Waals surface area contributed by atoms with Crippen LogP contribution in [0.2, 0.25) is 0 Å². The van der Waals surface area contributed by atoms with Crippen molar-refractivity contribution in [3.05, 3.63) is 53.1 Å². The lowest BCUT2D eigenvalue weighted by molar-refractivity contribution is 0.768. The van der Waals surface area contributed by atoms with E-state index in [9.17, 15) is 4.79 Å². The second-order valence-corrected chi connectivity index (χ2v) is 4.41. The summed E-state index contributed by atoms with van der Waals surface area (Å²) in [6.45, 7) is 0. The number of hydrogen-bond acceptors (Lipinski definition) is 2. The number of pyridine rings is 1. The zero-order valence-electron chi connectivity index (χ0n) is 10.3. The quantitative estimate of drug-likeness (QED) is 0.651. The minimum atomic E-state index is 0.00540. The standard InChI is InChI=1S/C14H13N3O/c1-16-9-12(8-15-16)11-4-3-10-5-6-14(18)17(2)13(10)7-11/h3-9H,1-2H3. The number of aryl methyl sites for hydroxylation is 2. The zero-order chi connectivity index (χ0) is 12.7. The molecule has 0 unspecified atom stereocenters. The molecule has 0 amide bonds. The van der Waals surface area contributed by atoms with Crippen molar-refractivity contribution in [1.82, 2.24) is 14.3 Å². The summed E-state index contributed by atoms with van der Waals surface area (Å²) in [7, 11) is 3.68. The third-order valence-corrected chi connectivity index (χ3v) is 3.17. The molecule has 90 valence electrons. The van der Waals surface area contributed by atoms with Gasteiger partial charge in [0.2, 0.25) is 0 Å². The fourth-order valence-electron chi connectivity index (χ4n) is 2.12. The maximum absolute atomic E-state index is 11.6. The molecule has 0 saturated heterocycles. The highest BCUT2D eigenvalue weighted by molar-refractivity contribution is 5.84. The van der Waals surface area contributed by atoms with E-state index in [1.54, 1.807) is 22.4 Å². The third-order valence-electron chi connectivity index (χ3n) is 3.17. The monoisotopic (exact) mass is 239 g/mol. The van der Waals surface area contributed by atoms with Crippen LogP contribution in [0.15, 0.2) is 47.5 Å². The van der Waals surface area contributed by atoms with Gasteiger partial charge in [0.25, 0.3) is 5.56 Å². The summed E-state index contributed by atoms with van der Waals surface area (Å²) in [6.07, 6.45) is 3.78. The van der Waals surface area contributed by atoms with Crippen molar-refractivity contribution in [2.45, 2.75) is 0 Å². The van der Waals surface area contributed by atoms with Crippen LogP contribution in [0.25, 0.3) is 22.0 Å². The van der Waals surface area contributed by atoms with Gasteiger partial charge in [0.15, 0.2) is 0 Å². The SMILES string of the molecule is Cn1cc(-c2ccc3ccc(=O)n(C)c3c2)cn1. The van der Waals surface area contributed by atoms with E-state index in [1.807, 2.05) is 43.7 Å². The van der Waals surface area contributed by atoms with Crippen molar-refractivity contribution < 1.29 is 0 Å². The van der Waals surface area contributed by atoms with E-state index in [2.05, 4.69) is 5.10 Å². The van der Waals surface area contributed by atoms with Crippen molar-refractivity contribution in [2.75, 3.05) is 0 Å². The second-order valence-electron chi connectivity index (χ2n) is 4.41. The van der Waals surface area contributed by atoms with Gasteiger partial charge in [-0.15, -0.1) is 0 Å². The maximum atomic E-state index is 11.6. The molecule has 3 rings (SSSR count). The average Bonchev–Trinajstić information content (AvgIpc) is 2.80. The molecule has 2 heterocycles. The number of rotatable bonds is 1. The van der Waals surface area contributed by atoms with Gasteiger partial charge in [-0.2, -0.15) is 5.10 Å². The maximum Gasteiger partial charge on any atom is 0.250 e. The normalized spacial score (nSPS) is 11.0. The molecule has 18 heavy (non-hydrogen) atoms. The van der Waals surface area contributed by atoms with Gasteiger partial charge in [0, 0.05) is 31.9 Å². The fourth-order valence-corrected chi connectivity index (χ4v) is 2.12. The van der Waals surface area contributed by atoms with Crippen LogP contribution in [0.3, 0.4) is 0 Å². The molecule has 0 radical (unpaired) electrons. The van der Waals surface area contributed by atoms with Crippen molar-refractivity contribution in [3.63, 3.8) is 0 Å². The summed E-state index contributed by atoms with van der Waals surface area (Å²) in [5, 5.41) is 5.22. The number of fused-ring (bicyclic) bond motifs is 1. The van der Waals surface area contributed by atoms with Crippen LogP contribution in [0.4, 0.5) is 0 Å². The van der Waals surface area contributed by atoms with Gasteiger partial charge in [-0.05, 0) is 23.1 Å². The predicted molar refractivity (Wildman–Crippen MR) is 71.4 cm³/mol. The molecule has 0 N–H and O–H groups in total. The van der Waals surface area contributed by atoms with E-state index in [0.717, 1.165) is 22.0 Å². The Morgan fingerprint density at radius 1 is 1.06 bits per heavy atom. The Labute approximate surface area is 104 Å². The largest absolute Gasteiger partial charge is 0.311 e. The molecule has 1 aromatic carbocycles. The van der Waals surface area contributed by atoms with Crippen LogP contribution in [0.5, 0.6) is 0 Å². The van der Waals surface area contributed by atoms with Crippen molar-refractivity contribution in [1.29, 1.82) is 0 Å². The summed E-state index contributed by atoms with van der Waals surface area (Å²) in [4.78, 5) is 11.6. The van der Waals surface area contributed by atoms with Gasteiger partial charge in [-0.1, -0.05) is 12.1 Å². The first-order chi connectivity index (χ1) is 8.65. The Balaban J connectivity index is 2.27. The molecule has 0 atom stereocenters. The van der Waals surface area contributed by atoms with E-state index >= 15 is 0 Å². The highest BCUT2D eigenvalue weighted by Crippen LogP contribution is 2.22. The van der Waals surface area contributed by atoms with Crippen LogP contribution in [0.1, 0.15) is 0 Å². The third kappa shape index (κ3) is 1.62. The molecule has 4 nitrogen and oxygen atoms in total. The highest BCUT2D eigenvalue weighted by Gasteiger charge is 2.04. The Morgan fingerprint density at radius 2 is 1.83 bits per heavy atom. The first-order valence-corrected chi connectivity index (χ1v) is 5.74. The smallest absolute Gasteiger partial charge is 0.250 e. The van der Waals surface area contributed by atoms with Crippen molar-refractivity contribution in [3.8, 4) is 11.1 Å². The molecule has 0 bridgehead atoms. The summed E-state index contributed by atoms with van der Waals surface area (Å²) in [5.74, 6) is 0. The molecule has 4 heteroatoms. The van der Waals surface area contributed by atoms with Gasteiger partial charge in [-0.3, -0.25) is 9.48 Å². The molecule has 0 saturated carbocycles. The molecule has 0 fully saturated rings. The Hall–Kier alpha value is -2.36. The summed E-state index contributed by atoms with van der Waals surface area (Å²) in [6, 6.07) is 9.53. The van der Waals surface area contributed by atoms with Gasteiger partial charge in [-0.25, -0.2) is 0 Å². The van der Waals surface area contributed by atoms with E-state index in [-0.39, 0.29) is 5.56 Å². The Bertz CT molecular complexity index is 783. The molecule has 2 aromatic heterocycles. The predicted octanol–water partition coefficient (Wildman–Crippen LogP) is 1.94. The van der Waals surface area contributed by atoms with E-state index in [1.165, 1.54) is 0 Å². The van der Waals surface area contributed by atoms with Crippen molar-refractivity contribution in [2.24, 2.45) is 14.1 Å². The number of aromatic nitrogens is 3. The van der Waals surface area contributed by atoms with Gasteiger partial charge < -0.3 is 4.57 Å². The second kappa shape index (κ2) is 3.84. The number of nitrogens with zero attached hydrogens (tertiary/aromatic N) is 3. The zero-order valence-corrected chi connectivity index (χ0v) is 10.3. The van der Waals surface area contributed by atoms with E-state index < -0.39 is 0 Å². The molecule has 0 aliphatic carbocycles. The summed E-state index contributed by atoms with van der Waals surface area (Å²) < 4.78 is 3.43. The summed E-state index contributed by atoms with van der Waals surface area (Å²) >= 11 is 0. The lowest BCUT2D eigenvalue weighted by Gasteiger charge is -2.06. The molecule has 0 aliphatic heterocycles. The lowest BCUT2D eigenvalue weighted by Crippen LogP contribution is -2.14. The minimum absolute atomic E-state index is 0.00540. The first kappa shape index (κ1) is 10.8. The molecular formula is C14H13N3O. The fraction of sp³-hybridized carbons (Fsp3) is 0.143. The van der Waals surface area contributed by atoms with Crippen LogP contribution in [-0.2, 0) is 14.1 Å². The number of benzene rings is 1. The van der Waals surface area contributed by atoms with Crippen LogP contribution in [0, 0.1) is 0 Å². The lowest BCUT2D eigenvalue weighted by atomic mass is 10.1. The van der Waals surface area contributed by atoms with Gasteiger partial charge in [0.1, 0.15) is 0 Å². The molecule has 0 aliphatic rings. The Morgan fingerprint density at radius 3 is 2.56 bits per heavy atom. The topological polar surface area (TPSA) is 39.8 Å². The minimum Gasteiger partial charge on any atom is -0.311 e. The van der Waals surface area contributed by atoms with Crippen LogP contribution in [-0.4, -0.2) is 14.3 Å². The highest BCUT2D eigenvalue weighted by atomic mass is 16.1. The Kier molecular flexibility index (Phi) is 2.30. The molecule has 0 spiro atoms. The van der Waals surface area contributed by atoms with Gasteiger partial charge >= 0.3 is 0 Å². The van der Waals surface area contributed by atoms with Gasteiger partial charge in [0.05, 0.1) is 11.7 Å². The van der Waals surface area contributed by atoms with E-state index in [4.69, 9.17) is 0 Å². The van der Waals surface area contributed by atoms with Crippen LogP contribution >= 0.6 is 0 Å². The molecular weight excluding hydrogens is 226 g/mol. The first-order valence-electron chi connectivity index (χ1n) is 5.74. The van der Waals surface area contributed by atoms with Crippen molar-refractivity contribution >= 4 is 10.9 Å².